The molecule has 0 aliphatic heterocycles. The van der Waals surface area contributed by atoms with Crippen molar-refractivity contribution in [1.29, 1.82) is 0 Å². The number of nitrogens with zero attached hydrogens (tertiary/aromatic N) is 2. The molecular weight excluding hydrogens is 334 g/mol. The number of anilines is 1. The number of fused-ring (bicyclic) bond motifs is 1. The van der Waals surface area contributed by atoms with Crippen molar-refractivity contribution >= 4 is 32.4 Å². The van der Waals surface area contributed by atoms with Gasteiger partial charge in [0.15, 0.2) is 0 Å². The number of non-ortho nitro benzene ring substituents is 1. The number of nitrogens with one attached hydrogen (secondary N) is 2. The number of imidazole rings is 1. The zero-order valence-electron chi connectivity index (χ0n) is 12.3. The van der Waals surface area contributed by atoms with Gasteiger partial charge in [-0.1, -0.05) is 0 Å². The summed E-state index contributed by atoms with van der Waals surface area (Å²) in [6.45, 7) is 0.249. The van der Waals surface area contributed by atoms with E-state index in [0.717, 1.165) is 12.1 Å². The first-order valence-corrected chi connectivity index (χ1v) is 8.33. The SMILES string of the molecule is NCc1nc2ccc(NS(=O)(=O)c3ccc([N+](=O)[O-])cc3)cc2[nH]1. The molecule has 4 N–H and O–H groups in total. The maximum atomic E-state index is 12.4. The van der Waals surface area contributed by atoms with Gasteiger partial charge >= 0.3 is 0 Å². The monoisotopic (exact) mass is 347 g/mol. The predicted octanol–water partition coefficient (Wildman–Crippen LogP) is 1.73. The van der Waals surface area contributed by atoms with Crippen molar-refractivity contribution in [3.8, 4) is 0 Å². The van der Waals surface area contributed by atoms with Gasteiger partial charge < -0.3 is 10.7 Å². The van der Waals surface area contributed by atoms with Gasteiger partial charge in [-0.05, 0) is 30.3 Å². The fourth-order valence-electron chi connectivity index (χ4n) is 2.18. The molecule has 0 fully saturated rings. The van der Waals surface area contributed by atoms with Gasteiger partial charge in [0.25, 0.3) is 15.7 Å². The van der Waals surface area contributed by atoms with Crippen LogP contribution >= 0.6 is 0 Å². The van der Waals surface area contributed by atoms with E-state index in [4.69, 9.17) is 5.73 Å². The lowest BCUT2D eigenvalue weighted by atomic mass is 10.3. The van der Waals surface area contributed by atoms with Crippen LogP contribution in [0.4, 0.5) is 11.4 Å². The Balaban J connectivity index is 1.89. The normalized spacial score (nSPS) is 11.5. The molecule has 0 unspecified atom stereocenters. The molecule has 1 aromatic heterocycles. The van der Waals surface area contributed by atoms with Crippen molar-refractivity contribution in [1.82, 2.24) is 9.97 Å². The summed E-state index contributed by atoms with van der Waals surface area (Å²) >= 11 is 0. The van der Waals surface area contributed by atoms with E-state index in [-0.39, 0.29) is 17.1 Å². The number of benzene rings is 2. The van der Waals surface area contributed by atoms with Crippen LogP contribution in [0.2, 0.25) is 0 Å². The van der Waals surface area contributed by atoms with Crippen LogP contribution in [-0.2, 0) is 16.6 Å². The quantitative estimate of drug-likeness (QED) is 0.473. The second kappa shape index (κ2) is 5.91. The Morgan fingerprint density at radius 3 is 2.54 bits per heavy atom. The van der Waals surface area contributed by atoms with Gasteiger partial charge in [0.2, 0.25) is 0 Å². The molecule has 3 aromatic rings. The van der Waals surface area contributed by atoms with E-state index in [1.807, 2.05) is 0 Å². The van der Waals surface area contributed by atoms with Crippen molar-refractivity contribution in [2.24, 2.45) is 5.73 Å². The summed E-state index contributed by atoms with van der Waals surface area (Å²) < 4.78 is 27.1. The average Bonchev–Trinajstić information content (AvgIpc) is 2.97. The molecule has 0 radical (unpaired) electrons. The van der Waals surface area contributed by atoms with Crippen LogP contribution in [-0.4, -0.2) is 23.3 Å². The van der Waals surface area contributed by atoms with Crippen LogP contribution in [0.5, 0.6) is 0 Å². The minimum atomic E-state index is -3.85. The van der Waals surface area contributed by atoms with Gasteiger partial charge in [0.1, 0.15) is 5.82 Å². The van der Waals surface area contributed by atoms with Crippen molar-refractivity contribution in [3.05, 3.63) is 58.4 Å². The number of aromatic nitrogens is 2. The molecule has 0 aliphatic carbocycles. The molecule has 0 spiro atoms. The molecule has 1 heterocycles. The lowest BCUT2D eigenvalue weighted by Crippen LogP contribution is -2.12. The van der Waals surface area contributed by atoms with Gasteiger partial charge in [-0.2, -0.15) is 0 Å². The zero-order chi connectivity index (χ0) is 17.3. The molecule has 9 nitrogen and oxygen atoms in total. The number of nitro benzene ring substituents is 1. The predicted molar refractivity (Wildman–Crippen MR) is 87.9 cm³/mol. The smallest absolute Gasteiger partial charge is 0.269 e. The van der Waals surface area contributed by atoms with Gasteiger partial charge in [-0.15, -0.1) is 0 Å². The third-order valence-electron chi connectivity index (χ3n) is 3.33. The highest BCUT2D eigenvalue weighted by Crippen LogP contribution is 2.22. The van der Waals surface area contributed by atoms with E-state index in [2.05, 4.69) is 14.7 Å². The first-order valence-electron chi connectivity index (χ1n) is 6.85. The Hall–Kier alpha value is -2.98. The van der Waals surface area contributed by atoms with Crippen LogP contribution in [0.25, 0.3) is 11.0 Å². The largest absolute Gasteiger partial charge is 0.341 e. The van der Waals surface area contributed by atoms with Gasteiger partial charge in [0.05, 0.1) is 33.1 Å². The van der Waals surface area contributed by atoms with Crippen molar-refractivity contribution in [3.63, 3.8) is 0 Å². The molecule has 0 saturated heterocycles. The Bertz CT molecular complexity index is 1010. The first kappa shape index (κ1) is 15.9. The Labute approximate surface area is 136 Å². The minimum absolute atomic E-state index is 0.0690. The van der Waals surface area contributed by atoms with Gasteiger partial charge in [0, 0.05) is 12.1 Å². The molecule has 0 aliphatic rings. The molecule has 0 atom stereocenters. The molecule has 0 saturated carbocycles. The zero-order valence-corrected chi connectivity index (χ0v) is 13.1. The van der Waals surface area contributed by atoms with Crippen molar-refractivity contribution < 1.29 is 13.3 Å². The Kier molecular flexibility index (Phi) is 3.91. The van der Waals surface area contributed by atoms with E-state index >= 15 is 0 Å². The number of nitro groups is 1. The standard InChI is InChI=1S/C14H13N5O4S/c15-8-14-16-12-6-1-9(7-13(12)17-14)18-24(22,23)11-4-2-10(3-5-11)19(20)21/h1-7,18H,8,15H2,(H,16,17). The highest BCUT2D eigenvalue weighted by molar-refractivity contribution is 7.92. The van der Waals surface area contributed by atoms with Gasteiger partial charge in [-0.3, -0.25) is 14.8 Å². The maximum Gasteiger partial charge on any atom is 0.269 e. The summed E-state index contributed by atoms with van der Waals surface area (Å²) in [6, 6.07) is 9.49. The summed E-state index contributed by atoms with van der Waals surface area (Å²) in [7, 11) is -3.85. The summed E-state index contributed by atoms with van der Waals surface area (Å²) in [5, 5.41) is 10.6. The third-order valence-corrected chi connectivity index (χ3v) is 4.73. The first-order chi connectivity index (χ1) is 11.4. The van der Waals surface area contributed by atoms with Crippen LogP contribution in [0.1, 0.15) is 5.82 Å². The van der Waals surface area contributed by atoms with E-state index < -0.39 is 14.9 Å². The molecule has 10 heteroatoms. The van der Waals surface area contributed by atoms with Crippen molar-refractivity contribution in [2.45, 2.75) is 11.4 Å². The van der Waals surface area contributed by atoms with Crippen molar-refractivity contribution in [2.75, 3.05) is 4.72 Å². The fraction of sp³-hybridized carbons (Fsp3) is 0.0714. The molecule has 0 bridgehead atoms. The summed E-state index contributed by atoms with van der Waals surface area (Å²) in [4.78, 5) is 17.2. The van der Waals surface area contributed by atoms with Crippen LogP contribution in [0, 0.1) is 10.1 Å². The van der Waals surface area contributed by atoms with Crippen LogP contribution < -0.4 is 10.5 Å². The number of aromatic amines is 1. The molecular formula is C14H13N5O4S. The van der Waals surface area contributed by atoms with Crippen LogP contribution in [0.15, 0.2) is 47.4 Å². The number of nitrogens with two attached hydrogens (primary N) is 1. The second-order valence-corrected chi connectivity index (χ2v) is 6.66. The lowest BCUT2D eigenvalue weighted by Gasteiger charge is -2.07. The maximum absolute atomic E-state index is 12.4. The minimum Gasteiger partial charge on any atom is -0.341 e. The number of rotatable bonds is 5. The number of sulfonamides is 1. The van der Waals surface area contributed by atoms with E-state index in [9.17, 15) is 18.5 Å². The Morgan fingerprint density at radius 1 is 1.21 bits per heavy atom. The van der Waals surface area contributed by atoms with E-state index in [1.165, 1.54) is 12.1 Å². The number of hydrogen-bond acceptors (Lipinski definition) is 6. The topological polar surface area (TPSA) is 144 Å². The highest BCUT2D eigenvalue weighted by atomic mass is 32.2. The van der Waals surface area contributed by atoms with E-state index in [1.54, 1.807) is 18.2 Å². The fourth-order valence-corrected chi connectivity index (χ4v) is 3.23. The number of hydrogen-bond donors (Lipinski definition) is 3. The van der Waals surface area contributed by atoms with Gasteiger partial charge in [-0.25, -0.2) is 13.4 Å². The molecule has 24 heavy (non-hydrogen) atoms. The van der Waals surface area contributed by atoms with Crippen LogP contribution in [0.3, 0.4) is 0 Å². The second-order valence-electron chi connectivity index (χ2n) is 4.98. The highest BCUT2D eigenvalue weighted by Gasteiger charge is 2.16. The Morgan fingerprint density at radius 2 is 1.92 bits per heavy atom. The van der Waals surface area contributed by atoms with E-state index in [0.29, 0.717) is 22.5 Å². The summed E-state index contributed by atoms with van der Waals surface area (Å²) in [5.41, 5.74) is 7.00. The molecule has 2 aromatic carbocycles. The average molecular weight is 347 g/mol. The number of H-pyrrole nitrogens is 1. The molecule has 3 rings (SSSR count). The summed E-state index contributed by atoms with van der Waals surface area (Å²) in [6.07, 6.45) is 0. The molecule has 0 amide bonds. The molecule has 124 valence electrons. The summed E-state index contributed by atoms with van der Waals surface area (Å²) in [5.74, 6) is 0.598. The lowest BCUT2D eigenvalue weighted by molar-refractivity contribution is -0.384. The third kappa shape index (κ3) is 3.05.